The van der Waals surface area contributed by atoms with Gasteiger partial charge in [-0.15, -0.1) is 0 Å². The molecule has 0 radical (unpaired) electrons. The van der Waals surface area contributed by atoms with E-state index in [1.807, 2.05) is 36.4 Å². The Balaban J connectivity index is 1.10. The van der Waals surface area contributed by atoms with Crippen LogP contribution in [0.1, 0.15) is 0 Å². The average molecular weight is 868 g/mol. The minimum atomic E-state index is 0.567. The summed E-state index contributed by atoms with van der Waals surface area (Å²) in [5.41, 5.74) is 16.5. The molecule has 0 aliphatic carbocycles. The molecule has 10 aromatic carbocycles. The molecule has 0 saturated carbocycles. The molecule has 0 fully saturated rings. The smallest absolute Gasteiger partial charge is 0.238 e. The van der Waals surface area contributed by atoms with E-state index in [2.05, 4.69) is 221 Å². The Morgan fingerprint density at radius 2 is 0.632 bits per heavy atom. The van der Waals surface area contributed by atoms with E-state index in [4.69, 9.17) is 15.0 Å². The fourth-order valence-electron chi connectivity index (χ4n) is 9.95. The van der Waals surface area contributed by atoms with Gasteiger partial charge in [-0.1, -0.05) is 200 Å². The normalized spacial score (nSPS) is 11.5. The van der Waals surface area contributed by atoms with E-state index >= 15 is 0 Å². The molecule has 13 aromatic rings. The molecular weight excluding hydrogens is 827 g/mol. The van der Waals surface area contributed by atoms with Crippen LogP contribution in [0.15, 0.2) is 249 Å². The second kappa shape index (κ2) is 16.4. The summed E-state index contributed by atoms with van der Waals surface area (Å²) in [6.45, 7) is 0. The van der Waals surface area contributed by atoms with Gasteiger partial charge in [0.25, 0.3) is 0 Å². The van der Waals surface area contributed by atoms with Gasteiger partial charge in [0.05, 0.1) is 27.8 Å². The van der Waals surface area contributed by atoms with Crippen molar-refractivity contribution >= 4 is 43.6 Å². The van der Waals surface area contributed by atoms with Gasteiger partial charge >= 0.3 is 0 Å². The first-order valence-electron chi connectivity index (χ1n) is 23.0. The summed E-state index contributed by atoms with van der Waals surface area (Å²) in [4.78, 5) is 15.5. The molecular formula is C63H41N5. The van der Waals surface area contributed by atoms with E-state index in [1.165, 1.54) is 22.3 Å². The molecule has 0 spiro atoms. The third-order valence-electron chi connectivity index (χ3n) is 13.2. The van der Waals surface area contributed by atoms with Crippen LogP contribution in [0.5, 0.6) is 0 Å². The Bertz CT molecular complexity index is 3880. The molecule has 0 unspecified atom stereocenters. The molecule has 5 heteroatoms. The van der Waals surface area contributed by atoms with Gasteiger partial charge in [0.1, 0.15) is 0 Å². The van der Waals surface area contributed by atoms with Crippen LogP contribution in [0, 0.1) is 0 Å². The van der Waals surface area contributed by atoms with Crippen LogP contribution < -0.4 is 0 Å². The van der Waals surface area contributed by atoms with E-state index in [0.717, 1.165) is 82.7 Å². The Labute approximate surface area is 393 Å². The van der Waals surface area contributed by atoms with Gasteiger partial charge in [0.2, 0.25) is 5.95 Å². The van der Waals surface area contributed by atoms with Gasteiger partial charge < -0.3 is 4.57 Å². The number of para-hydroxylation sites is 2. The molecule has 3 heterocycles. The summed E-state index contributed by atoms with van der Waals surface area (Å²) in [5, 5.41) is 4.52. The lowest BCUT2D eigenvalue weighted by Gasteiger charge is -2.18. The highest BCUT2D eigenvalue weighted by molar-refractivity contribution is 6.19. The van der Waals surface area contributed by atoms with Crippen molar-refractivity contribution in [3.8, 4) is 78.9 Å². The summed E-state index contributed by atoms with van der Waals surface area (Å²) in [6, 6.07) is 88.6. The number of hydrogen-bond acceptors (Lipinski definition) is 3. The van der Waals surface area contributed by atoms with Crippen molar-refractivity contribution in [1.29, 1.82) is 0 Å². The van der Waals surface area contributed by atoms with Crippen molar-refractivity contribution in [3.63, 3.8) is 0 Å². The van der Waals surface area contributed by atoms with Crippen LogP contribution in [0.2, 0.25) is 0 Å². The van der Waals surface area contributed by atoms with Crippen LogP contribution in [0.25, 0.3) is 123 Å². The first kappa shape index (κ1) is 39.2. The first-order chi connectivity index (χ1) is 33.7. The number of hydrogen-bond donors (Lipinski definition) is 0. The quantitative estimate of drug-likeness (QED) is 0.153. The van der Waals surface area contributed by atoms with E-state index in [1.54, 1.807) is 0 Å². The zero-order chi connectivity index (χ0) is 45.0. The summed E-state index contributed by atoms with van der Waals surface area (Å²) in [7, 11) is 0. The summed E-state index contributed by atoms with van der Waals surface area (Å²) >= 11 is 0. The van der Waals surface area contributed by atoms with Crippen LogP contribution in [0.4, 0.5) is 0 Å². The third kappa shape index (κ3) is 6.76. The van der Waals surface area contributed by atoms with E-state index in [-0.39, 0.29) is 0 Å². The number of nitrogens with zero attached hydrogens (tertiary/aromatic N) is 5. The average Bonchev–Trinajstić information content (AvgIpc) is 3.92. The molecule has 0 bridgehead atoms. The SMILES string of the molecule is c1ccc(-c2cc(-c3ccccc3)cc(-c3ccc(-c4ccccc4)cc3-n3c4ccccc4c4cc5c(cc43)c3ccccc3n5-c3nc(-c4ccccc4)nc(-c4ccccc4)n3)c2)cc1. The molecule has 68 heavy (non-hydrogen) atoms. The largest absolute Gasteiger partial charge is 0.309 e. The molecule has 3 aromatic heterocycles. The number of benzene rings is 10. The van der Waals surface area contributed by atoms with Crippen LogP contribution in [0.3, 0.4) is 0 Å². The van der Waals surface area contributed by atoms with Crippen molar-refractivity contribution < 1.29 is 0 Å². The zero-order valence-electron chi connectivity index (χ0n) is 36.9. The van der Waals surface area contributed by atoms with Crippen LogP contribution in [-0.4, -0.2) is 24.1 Å². The summed E-state index contributed by atoms with van der Waals surface area (Å²) in [6.07, 6.45) is 0. The summed E-state index contributed by atoms with van der Waals surface area (Å²) in [5.74, 6) is 1.81. The lowest BCUT2D eigenvalue weighted by molar-refractivity contribution is 0.954. The van der Waals surface area contributed by atoms with E-state index in [0.29, 0.717) is 17.6 Å². The second-order valence-corrected chi connectivity index (χ2v) is 17.2. The van der Waals surface area contributed by atoms with Crippen molar-refractivity contribution in [3.05, 3.63) is 249 Å². The van der Waals surface area contributed by atoms with E-state index < -0.39 is 0 Å². The van der Waals surface area contributed by atoms with Gasteiger partial charge in [0, 0.05) is 38.2 Å². The second-order valence-electron chi connectivity index (χ2n) is 17.2. The molecule has 0 aliphatic rings. The maximum Gasteiger partial charge on any atom is 0.238 e. The highest BCUT2D eigenvalue weighted by Gasteiger charge is 2.23. The van der Waals surface area contributed by atoms with Crippen LogP contribution >= 0.6 is 0 Å². The predicted octanol–water partition coefficient (Wildman–Crippen LogP) is 16.1. The topological polar surface area (TPSA) is 48.5 Å². The van der Waals surface area contributed by atoms with Crippen LogP contribution in [-0.2, 0) is 0 Å². The van der Waals surface area contributed by atoms with Gasteiger partial charge in [0.15, 0.2) is 11.6 Å². The molecule has 0 aliphatic heterocycles. The number of fused-ring (bicyclic) bond motifs is 6. The maximum absolute atomic E-state index is 5.24. The minimum Gasteiger partial charge on any atom is -0.309 e. The van der Waals surface area contributed by atoms with Crippen molar-refractivity contribution in [1.82, 2.24) is 24.1 Å². The molecule has 13 rings (SSSR count). The van der Waals surface area contributed by atoms with Gasteiger partial charge in [-0.25, -0.2) is 4.98 Å². The highest BCUT2D eigenvalue weighted by atomic mass is 15.2. The molecule has 5 nitrogen and oxygen atoms in total. The Kier molecular flexibility index (Phi) is 9.43. The van der Waals surface area contributed by atoms with Gasteiger partial charge in [-0.3, -0.25) is 4.57 Å². The monoisotopic (exact) mass is 867 g/mol. The van der Waals surface area contributed by atoms with Crippen molar-refractivity contribution in [2.24, 2.45) is 0 Å². The molecule has 0 saturated heterocycles. The number of aromatic nitrogens is 5. The molecule has 318 valence electrons. The fraction of sp³-hybridized carbons (Fsp3) is 0. The molecule has 0 N–H and O–H groups in total. The Morgan fingerprint density at radius 3 is 1.13 bits per heavy atom. The highest BCUT2D eigenvalue weighted by Crippen LogP contribution is 2.43. The Morgan fingerprint density at radius 1 is 0.235 bits per heavy atom. The fourth-order valence-corrected chi connectivity index (χ4v) is 9.95. The lowest BCUT2D eigenvalue weighted by Crippen LogP contribution is -2.06. The standard InChI is InChI=1S/C63H41N5/c1-6-20-42(21-7-1)47-34-35-51(50-37-48(43-22-8-2-9-23-43)36-49(38-50)44-24-10-3-11-25-44)58(39-47)67-56-32-18-16-30-52(56)54-41-60-55(40-59(54)67)53-31-17-19-33-57(53)68(60)63-65-61(45-26-12-4-13-27-45)64-62(66-63)46-28-14-5-15-29-46/h1-41H. The first-order valence-corrected chi connectivity index (χ1v) is 23.0. The van der Waals surface area contributed by atoms with Gasteiger partial charge in [-0.05, 0) is 87.5 Å². The number of rotatable bonds is 8. The maximum atomic E-state index is 5.24. The van der Waals surface area contributed by atoms with Gasteiger partial charge in [-0.2, -0.15) is 9.97 Å². The third-order valence-corrected chi connectivity index (χ3v) is 13.2. The zero-order valence-corrected chi connectivity index (χ0v) is 36.9. The predicted molar refractivity (Wildman–Crippen MR) is 281 cm³/mol. The lowest BCUT2D eigenvalue weighted by atomic mass is 9.91. The van der Waals surface area contributed by atoms with Crippen molar-refractivity contribution in [2.75, 3.05) is 0 Å². The molecule has 0 amide bonds. The summed E-state index contributed by atoms with van der Waals surface area (Å²) < 4.78 is 4.71. The minimum absolute atomic E-state index is 0.567. The molecule has 0 atom stereocenters. The Hall–Kier alpha value is -9.19. The van der Waals surface area contributed by atoms with Crippen molar-refractivity contribution in [2.45, 2.75) is 0 Å². The van der Waals surface area contributed by atoms with E-state index in [9.17, 15) is 0 Å².